The maximum absolute atomic E-state index is 12.5. The van der Waals surface area contributed by atoms with Gasteiger partial charge in [-0.1, -0.05) is 25.1 Å². The fraction of sp³-hybridized carbons (Fsp3) is 0.562. The lowest BCUT2D eigenvalue weighted by Crippen LogP contribution is -2.51. The molecule has 1 aliphatic rings. The Bertz CT molecular complexity index is 470. The molecular weight excluding hydrogens is 258 g/mol. The number of nitrogens with zero attached hydrogens (tertiary/aromatic N) is 1. The standard InChI is InChI=1S/C16H22ClNO/c1-12-11-16(2,3)18(15(19)9-6-10-17)14-8-5-4-7-13(12)14/h4-5,7-8,12H,6,9-11H2,1-3H3/t12-/m0/s1. The molecule has 0 bridgehead atoms. The van der Waals surface area contributed by atoms with Crippen LogP contribution in [0.15, 0.2) is 24.3 Å². The second-order valence-corrected chi connectivity index (χ2v) is 6.38. The van der Waals surface area contributed by atoms with Crippen LogP contribution in [0, 0.1) is 0 Å². The molecule has 0 fully saturated rings. The number of benzene rings is 1. The van der Waals surface area contributed by atoms with E-state index >= 15 is 0 Å². The van der Waals surface area contributed by atoms with Gasteiger partial charge in [-0.05, 0) is 44.2 Å². The molecule has 104 valence electrons. The highest BCUT2D eigenvalue weighted by Gasteiger charge is 2.39. The number of carbonyl (C=O) groups is 1. The topological polar surface area (TPSA) is 20.3 Å². The lowest BCUT2D eigenvalue weighted by molar-refractivity contribution is -0.119. The molecule has 0 radical (unpaired) electrons. The van der Waals surface area contributed by atoms with Crippen LogP contribution in [0.2, 0.25) is 0 Å². The molecule has 0 aromatic heterocycles. The third-order valence-electron chi connectivity index (χ3n) is 3.89. The van der Waals surface area contributed by atoms with Crippen LogP contribution in [0.1, 0.15) is 51.5 Å². The van der Waals surface area contributed by atoms with E-state index in [0.29, 0.717) is 18.2 Å². The molecule has 19 heavy (non-hydrogen) atoms. The highest BCUT2D eigenvalue weighted by Crippen LogP contribution is 2.43. The van der Waals surface area contributed by atoms with Gasteiger partial charge in [-0.25, -0.2) is 0 Å². The van der Waals surface area contributed by atoms with E-state index in [4.69, 9.17) is 11.6 Å². The summed E-state index contributed by atoms with van der Waals surface area (Å²) in [5, 5.41) is 0. The molecule has 0 unspecified atom stereocenters. The van der Waals surface area contributed by atoms with Gasteiger partial charge in [0.1, 0.15) is 0 Å². The Morgan fingerprint density at radius 1 is 1.42 bits per heavy atom. The van der Waals surface area contributed by atoms with Gasteiger partial charge in [-0.2, -0.15) is 0 Å². The average molecular weight is 280 g/mol. The zero-order valence-electron chi connectivity index (χ0n) is 11.9. The lowest BCUT2D eigenvalue weighted by Gasteiger charge is -2.46. The molecule has 1 atom stereocenters. The van der Waals surface area contributed by atoms with Gasteiger partial charge in [0.05, 0.1) is 0 Å². The summed E-state index contributed by atoms with van der Waals surface area (Å²) < 4.78 is 0. The second-order valence-electron chi connectivity index (χ2n) is 6.00. The largest absolute Gasteiger partial charge is 0.307 e. The summed E-state index contributed by atoms with van der Waals surface area (Å²) in [5.41, 5.74) is 2.23. The van der Waals surface area contributed by atoms with Crippen molar-refractivity contribution in [3.63, 3.8) is 0 Å². The van der Waals surface area contributed by atoms with E-state index in [1.807, 2.05) is 11.0 Å². The van der Waals surface area contributed by atoms with Crippen molar-refractivity contribution in [1.29, 1.82) is 0 Å². The van der Waals surface area contributed by atoms with Crippen molar-refractivity contribution in [2.45, 2.75) is 51.5 Å². The molecule has 2 nitrogen and oxygen atoms in total. The first-order chi connectivity index (χ1) is 8.97. The summed E-state index contributed by atoms with van der Waals surface area (Å²) >= 11 is 5.71. The molecule has 3 heteroatoms. The first-order valence-corrected chi connectivity index (χ1v) is 7.49. The van der Waals surface area contributed by atoms with Gasteiger partial charge < -0.3 is 4.90 Å². The van der Waals surface area contributed by atoms with Gasteiger partial charge in [-0.15, -0.1) is 11.6 Å². The minimum absolute atomic E-state index is 0.128. The lowest BCUT2D eigenvalue weighted by atomic mass is 9.80. The monoisotopic (exact) mass is 279 g/mol. The van der Waals surface area contributed by atoms with Gasteiger partial charge in [0.2, 0.25) is 5.91 Å². The number of fused-ring (bicyclic) bond motifs is 1. The summed E-state index contributed by atoms with van der Waals surface area (Å²) in [6, 6.07) is 8.26. The summed E-state index contributed by atoms with van der Waals surface area (Å²) in [6.45, 7) is 6.54. The summed E-state index contributed by atoms with van der Waals surface area (Å²) in [4.78, 5) is 14.5. The van der Waals surface area contributed by atoms with Gasteiger partial charge in [0.25, 0.3) is 0 Å². The molecule has 1 aromatic carbocycles. The van der Waals surface area contributed by atoms with E-state index in [1.165, 1.54) is 5.56 Å². The number of anilines is 1. The normalized spacial score (nSPS) is 21.1. The zero-order valence-corrected chi connectivity index (χ0v) is 12.7. The molecule has 0 saturated heterocycles. The number of hydrogen-bond donors (Lipinski definition) is 0. The van der Waals surface area contributed by atoms with Crippen molar-refractivity contribution in [1.82, 2.24) is 0 Å². The minimum Gasteiger partial charge on any atom is -0.307 e. The number of rotatable bonds is 3. The van der Waals surface area contributed by atoms with Crippen LogP contribution < -0.4 is 4.90 Å². The maximum Gasteiger partial charge on any atom is 0.227 e. The van der Waals surface area contributed by atoms with Crippen LogP contribution in [0.3, 0.4) is 0 Å². The van der Waals surface area contributed by atoms with Crippen LogP contribution in [0.25, 0.3) is 0 Å². The van der Waals surface area contributed by atoms with Crippen LogP contribution in [-0.2, 0) is 4.79 Å². The number of para-hydroxylation sites is 1. The van der Waals surface area contributed by atoms with Gasteiger partial charge in [-0.3, -0.25) is 4.79 Å². The molecule has 1 aliphatic heterocycles. The van der Waals surface area contributed by atoms with Gasteiger partial charge in [0, 0.05) is 23.5 Å². The van der Waals surface area contributed by atoms with E-state index in [0.717, 1.165) is 18.5 Å². The van der Waals surface area contributed by atoms with E-state index in [9.17, 15) is 4.79 Å². The smallest absolute Gasteiger partial charge is 0.227 e. The number of halogens is 1. The summed E-state index contributed by atoms with van der Waals surface area (Å²) in [5.74, 6) is 1.21. The Morgan fingerprint density at radius 3 is 2.79 bits per heavy atom. The highest BCUT2D eigenvalue weighted by atomic mass is 35.5. The van der Waals surface area contributed by atoms with Crippen LogP contribution in [0.4, 0.5) is 5.69 Å². The molecule has 1 amide bonds. The zero-order chi connectivity index (χ0) is 14.0. The van der Waals surface area contributed by atoms with Crippen LogP contribution in [-0.4, -0.2) is 17.3 Å². The molecule has 0 N–H and O–H groups in total. The molecule has 1 aromatic rings. The predicted octanol–water partition coefficient (Wildman–Crippen LogP) is 4.32. The van der Waals surface area contributed by atoms with Crippen LogP contribution >= 0.6 is 11.6 Å². The Hall–Kier alpha value is -1.02. The fourth-order valence-corrected chi connectivity index (χ4v) is 3.32. The quantitative estimate of drug-likeness (QED) is 0.755. The Morgan fingerprint density at radius 2 is 2.11 bits per heavy atom. The molecule has 2 rings (SSSR count). The van der Waals surface area contributed by atoms with E-state index < -0.39 is 0 Å². The fourth-order valence-electron chi connectivity index (χ4n) is 3.19. The van der Waals surface area contributed by atoms with Crippen LogP contribution in [0.5, 0.6) is 0 Å². The number of alkyl halides is 1. The molecule has 1 heterocycles. The third-order valence-corrected chi connectivity index (χ3v) is 4.16. The van der Waals surface area contributed by atoms with Crippen molar-refractivity contribution in [2.75, 3.05) is 10.8 Å². The molecule has 0 aliphatic carbocycles. The third kappa shape index (κ3) is 2.79. The van der Waals surface area contributed by atoms with Gasteiger partial charge in [0.15, 0.2) is 0 Å². The second kappa shape index (κ2) is 5.54. The Kier molecular flexibility index (Phi) is 4.19. The molecule has 0 spiro atoms. The number of carbonyl (C=O) groups excluding carboxylic acids is 1. The summed E-state index contributed by atoms with van der Waals surface area (Å²) in [7, 11) is 0. The maximum atomic E-state index is 12.5. The van der Waals surface area contributed by atoms with E-state index in [1.54, 1.807) is 0 Å². The first-order valence-electron chi connectivity index (χ1n) is 6.95. The number of amides is 1. The van der Waals surface area contributed by atoms with Gasteiger partial charge >= 0.3 is 0 Å². The molecule has 0 saturated carbocycles. The summed E-state index contributed by atoms with van der Waals surface area (Å²) in [6.07, 6.45) is 2.26. The Balaban J connectivity index is 2.39. The average Bonchev–Trinajstić information content (AvgIpc) is 2.35. The van der Waals surface area contributed by atoms with E-state index in [2.05, 4.69) is 39.0 Å². The SMILES string of the molecule is C[C@H]1CC(C)(C)N(C(=O)CCCCl)c2ccccc21. The first kappa shape index (κ1) is 14.4. The van der Waals surface area contributed by atoms with Crippen molar-refractivity contribution >= 4 is 23.2 Å². The van der Waals surface area contributed by atoms with Crippen molar-refractivity contribution in [2.24, 2.45) is 0 Å². The Labute approximate surface area is 120 Å². The number of hydrogen-bond acceptors (Lipinski definition) is 1. The van der Waals surface area contributed by atoms with Crippen molar-refractivity contribution < 1.29 is 4.79 Å². The van der Waals surface area contributed by atoms with E-state index in [-0.39, 0.29) is 11.4 Å². The predicted molar refractivity (Wildman–Crippen MR) is 81.0 cm³/mol. The molecular formula is C16H22ClNO. The van der Waals surface area contributed by atoms with Crippen molar-refractivity contribution in [3.05, 3.63) is 29.8 Å². The minimum atomic E-state index is -0.128. The van der Waals surface area contributed by atoms with Crippen molar-refractivity contribution in [3.8, 4) is 0 Å². The highest BCUT2D eigenvalue weighted by molar-refractivity contribution is 6.18.